The second-order valence-electron chi connectivity index (χ2n) is 8.06. The van der Waals surface area contributed by atoms with Crippen molar-refractivity contribution in [2.75, 3.05) is 13.1 Å². The molecule has 0 aromatic carbocycles. The molecule has 0 bridgehead atoms. The van der Waals surface area contributed by atoms with Crippen molar-refractivity contribution in [3.63, 3.8) is 0 Å². The average molecular weight is 374 g/mol. The van der Waals surface area contributed by atoms with Gasteiger partial charge in [-0.2, -0.15) is 4.98 Å². The summed E-state index contributed by atoms with van der Waals surface area (Å²) in [6.07, 6.45) is 2.53. The van der Waals surface area contributed by atoms with Crippen molar-refractivity contribution in [2.24, 2.45) is 5.41 Å². The topological polar surface area (TPSA) is 106 Å². The van der Waals surface area contributed by atoms with Gasteiger partial charge in [-0.1, -0.05) is 25.9 Å². The molecular formula is C18H26N6O3. The van der Waals surface area contributed by atoms with Crippen molar-refractivity contribution in [3.8, 4) is 0 Å². The maximum Gasteiger partial charge on any atom is 0.271 e. The Morgan fingerprint density at radius 3 is 2.74 bits per heavy atom. The van der Waals surface area contributed by atoms with Crippen molar-refractivity contribution in [1.29, 1.82) is 0 Å². The summed E-state index contributed by atoms with van der Waals surface area (Å²) < 4.78 is 7.00. The molecule has 0 saturated heterocycles. The molecule has 1 aliphatic heterocycles. The third-order valence-electron chi connectivity index (χ3n) is 4.33. The van der Waals surface area contributed by atoms with Crippen LogP contribution in [-0.4, -0.2) is 49.5 Å². The number of hydrogen-bond acceptors (Lipinski definition) is 6. The van der Waals surface area contributed by atoms with Crippen LogP contribution in [0.25, 0.3) is 0 Å². The van der Waals surface area contributed by atoms with Gasteiger partial charge in [0.25, 0.3) is 5.91 Å². The van der Waals surface area contributed by atoms with Crippen LogP contribution in [0.5, 0.6) is 0 Å². The van der Waals surface area contributed by atoms with E-state index in [1.54, 1.807) is 18.2 Å². The van der Waals surface area contributed by atoms with Crippen LogP contribution < -0.4 is 5.32 Å². The molecule has 1 aliphatic rings. The molecule has 0 saturated carbocycles. The second-order valence-corrected chi connectivity index (χ2v) is 8.06. The van der Waals surface area contributed by atoms with Gasteiger partial charge in [-0.3, -0.25) is 9.59 Å². The molecule has 2 amide bonds. The number of carbonyl (C=O) groups excluding carboxylic acids is 2. The first-order valence-electron chi connectivity index (χ1n) is 9.12. The number of aryl methyl sites for hydroxylation is 2. The van der Waals surface area contributed by atoms with Gasteiger partial charge < -0.3 is 19.3 Å². The number of nitrogens with zero attached hydrogens (tertiary/aromatic N) is 5. The van der Waals surface area contributed by atoms with Crippen LogP contribution in [0.3, 0.4) is 0 Å². The fourth-order valence-corrected chi connectivity index (χ4v) is 2.94. The molecule has 1 N–H and O–H groups in total. The molecule has 2 aromatic heterocycles. The number of carbonyl (C=O) groups is 2. The Morgan fingerprint density at radius 1 is 1.30 bits per heavy atom. The Kier molecular flexibility index (Phi) is 5.29. The summed E-state index contributed by atoms with van der Waals surface area (Å²) in [4.78, 5) is 35.4. The highest BCUT2D eigenvalue weighted by Crippen LogP contribution is 2.18. The molecular weight excluding hydrogens is 348 g/mol. The van der Waals surface area contributed by atoms with Gasteiger partial charge in [-0.15, -0.1) is 0 Å². The molecule has 0 aliphatic carbocycles. The maximum atomic E-state index is 12.7. The highest BCUT2D eigenvalue weighted by molar-refractivity contribution is 5.93. The van der Waals surface area contributed by atoms with Crippen LogP contribution in [0.2, 0.25) is 0 Å². The van der Waals surface area contributed by atoms with E-state index >= 15 is 0 Å². The monoisotopic (exact) mass is 374 g/mol. The third-order valence-corrected chi connectivity index (χ3v) is 4.33. The quantitative estimate of drug-likeness (QED) is 0.865. The van der Waals surface area contributed by atoms with Crippen LogP contribution in [0, 0.1) is 12.3 Å². The summed E-state index contributed by atoms with van der Waals surface area (Å²) in [7, 11) is 0. The molecule has 3 rings (SSSR count). The number of amides is 2. The Hall–Kier alpha value is -2.71. The minimum absolute atomic E-state index is 0.0173. The second kappa shape index (κ2) is 7.50. The largest absolute Gasteiger partial charge is 0.350 e. The lowest BCUT2D eigenvalue weighted by Gasteiger charge is -2.20. The summed E-state index contributed by atoms with van der Waals surface area (Å²) in [6, 6.07) is 0. The van der Waals surface area contributed by atoms with E-state index in [2.05, 4.69) is 41.2 Å². The van der Waals surface area contributed by atoms with Gasteiger partial charge in [-0.25, -0.2) is 4.98 Å². The maximum absolute atomic E-state index is 12.7. The van der Waals surface area contributed by atoms with Gasteiger partial charge in [-0.05, 0) is 18.8 Å². The van der Waals surface area contributed by atoms with E-state index in [-0.39, 0.29) is 23.7 Å². The Morgan fingerprint density at radius 2 is 2.07 bits per heavy atom. The Labute approximate surface area is 158 Å². The number of imidazole rings is 1. The van der Waals surface area contributed by atoms with Crippen LogP contribution >= 0.6 is 0 Å². The van der Waals surface area contributed by atoms with E-state index < -0.39 is 0 Å². The summed E-state index contributed by atoms with van der Waals surface area (Å²) in [5.41, 5.74) is 1.12. The first kappa shape index (κ1) is 19.1. The lowest BCUT2D eigenvalue weighted by Crippen LogP contribution is -2.35. The highest BCUT2D eigenvalue weighted by atomic mass is 16.5. The molecule has 0 fully saturated rings. The van der Waals surface area contributed by atoms with Crippen LogP contribution in [-0.2, 0) is 24.3 Å². The third kappa shape index (κ3) is 4.72. The zero-order valence-electron chi connectivity index (χ0n) is 16.3. The van der Waals surface area contributed by atoms with Gasteiger partial charge in [0.05, 0.1) is 18.6 Å². The van der Waals surface area contributed by atoms with Crippen molar-refractivity contribution >= 4 is 11.8 Å². The minimum atomic E-state index is -0.208. The van der Waals surface area contributed by atoms with Crippen molar-refractivity contribution in [1.82, 2.24) is 29.9 Å². The summed E-state index contributed by atoms with van der Waals surface area (Å²) in [5.74, 6) is 0.498. The first-order chi connectivity index (χ1) is 12.7. The highest BCUT2D eigenvalue weighted by Gasteiger charge is 2.26. The van der Waals surface area contributed by atoms with Gasteiger partial charge >= 0.3 is 0 Å². The predicted molar refractivity (Wildman–Crippen MR) is 96.8 cm³/mol. The summed E-state index contributed by atoms with van der Waals surface area (Å²) in [6.45, 7) is 10.1. The van der Waals surface area contributed by atoms with Crippen LogP contribution in [0.1, 0.15) is 55.1 Å². The van der Waals surface area contributed by atoms with Crippen molar-refractivity contribution in [2.45, 2.75) is 53.6 Å². The normalized spacial score (nSPS) is 14.6. The van der Waals surface area contributed by atoms with Gasteiger partial charge in [0.1, 0.15) is 6.42 Å². The fourth-order valence-electron chi connectivity index (χ4n) is 2.94. The lowest BCUT2D eigenvalue weighted by atomic mass is 9.97. The predicted octanol–water partition coefficient (Wildman–Crippen LogP) is 1.33. The van der Waals surface area contributed by atoms with Crippen molar-refractivity contribution < 1.29 is 14.1 Å². The Bertz CT molecular complexity index is 833. The van der Waals surface area contributed by atoms with Crippen LogP contribution in [0.4, 0.5) is 0 Å². The SMILES string of the molecule is Cc1noc(CC(=O)N2CCCn3cnc(C(=O)NCC(C)(C)C)c3C2)n1. The van der Waals surface area contributed by atoms with Gasteiger partial charge in [0.15, 0.2) is 11.5 Å². The van der Waals surface area contributed by atoms with Crippen LogP contribution in [0.15, 0.2) is 10.9 Å². The first-order valence-corrected chi connectivity index (χ1v) is 9.12. The van der Waals surface area contributed by atoms with Gasteiger partial charge in [0.2, 0.25) is 11.8 Å². The lowest BCUT2D eigenvalue weighted by molar-refractivity contribution is -0.131. The molecule has 9 heteroatoms. The molecule has 0 radical (unpaired) electrons. The molecule has 0 spiro atoms. The number of aromatic nitrogens is 4. The van der Waals surface area contributed by atoms with E-state index in [1.807, 2.05) is 4.57 Å². The van der Waals surface area contributed by atoms with E-state index in [0.29, 0.717) is 37.0 Å². The summed E-state index contributed by atoms with van der Waals surface area (Å²) in [5, 5.41) is 6.65. The molecule has 2 aromatic rings. The van der Waals surface area contributed by atoms with Gasteiger partial charge in [0, 0.05) is 19.6 Å². The average Bonchev–Trinajstić information content (AvgIpc) is 3.11. The summed E-state index contributed by atoms with van der Waals surface area (Å²) >= 11 is 0. The van der Waals surface area contributed by atoms with E-state index in [0.717, 1.165) is 18.7 Å². The van der Waals surface area contributed by atoms with Crippen molar-refractivity contribution in [3.05, 3.63) is 29.4 Å². The molecule has 27 heavy (non-hydrogen) atoms. The minimum Gasteiger partial charge on any atom is -0.350 e. The molecule has 9 nitrogen and oxygen atoms in total. The zero-order chi connectivity index (χ0) is 19.6. The number of fused-ring (bicyclic) bond motifs is 1. The fraction of sp³-hybridized carbons (Fsp3) is 0.611. The molecule has 3 heterocycles. The smallest absolute Gasteiger partial charge is 0.271 e. The standard InChI is InChI=1S/C18H26N6O3/c1-12-21-14(27-22-12)8-15(25)23-6-5-7-24-11-20-16(13(24)9-23)17(26)19-10-18(2,3)4/h11H,5-10H2,1-4H3,(H,19,26). The number of rotatable bonds is 4. The van der Waals surface area contributed by atoms with E-state index in [1.165, 1.54) is 0 Å². The molecule has 0 unspecified atom stereocenters. The molecule has 146 valence electrons. The Balaban J connectivity index is 1.73. The zero-order valence-corrected chi connectivity index (χ0v) is 16.3. The van der Waals surface area contributed by atoms with E-state index in [4.69, 9.17) is 4.52 Å². The van der Waals surface area contributed by atoms with E-state index in [9.17, 15) is 9.59 Å². The number of hydrogen-bond donors (Lipinski definition) is 1. The molecule has 0 atom stereocenters. The number of nitrogens with one attached hydrogen (secondary N) is 1.